The number of hydrogen-bond acceptors (Lipinski definition) is 6. The fourth-order valence-electron chi connectivity index (χ4n) is 5.25. The maximum Gasteiger partial charge on any atom is 0.259 e. The molecule has 0 saturated heterocycles. The number of likely N-dealkylation sites (N-methyl/N-ethyl adjacent to an activating group) is 1. The molecule has 2 aromatic carbocycles. The summed E-state index contributed by atoms with van der Waals surface area (Å²) in [6.45, 7) is 2.65. The van der Waals surface area contributed by atoms with Crippen molar-refractivity contribution in [1.82, 2.24) is 9.47 Å². The number of amides is 1. The Labute approximate surface area is 213 Å². The Kier molecular flexibility index (Phi) is 5.85. The number of aryl methyl sites for hydroxylation is 1. The van der Waals surface area contributed by atoms with Gasteiger partial charge in [0.1, 0.15) is 23.2 Å². The van der Waals surface area contributed by atoms with Crippen molar-refractivity contribution in [2.45, 2.75) is 25.4 Å². The molecule has 0 saturated carbocycles. The SMILES string of the molecule is Cc1cc2c(c(=O)n1CCN(C)C)C1(C(=O)N(Cc3ccccc3F)c3ccccc31)C(C#N)=C(N)O2. The Morgan fingerprint density at radius 3 is 2.54 bits per heavy atom. The van der Waals surface area contributed by atoms with E-state index in [-0.39, 0.29) is 29.3 Å². The maximum atomic E-state index is 14.6. The van der Waals surface area contributed by atoms with Crippen LogP contribution < -0.4 is 20.9 Å². The molecular weight excluding hydrogens is 473 g/mol. The van der Waals surface area contributed by atoms with Crippen LogP contribution in [0.4, 0.5) is 10.1 Å². The Balaban J connectivity index is 1.81. The van der Waals surface area contributed by atoms with Gasteiger partial charge in [0, 0.05) is 41.7 Å². The monoisotopic (exact) mass is 499 g/mol. The van der Waals surface area contributed by atoms with Crippen molar-refractivity contribution in [2.24, 2.45) is 5.73 Å². The number of para-hydroxylation sites is 1. The zero-order valence-electron chi connectivity index (χ0n) is 20.8. The average Bonchev–Trinajstić information content (AvgIpc) is 3.08. The number of anilines is 1. The van der Waals surface area contributed by atoms with Gasteiger partial charge < -0.3 is 24.8 Å². The molecule has 5 rings (SSSR count). The van der Waals surface area contributed by atoms with Crippen LogP contribution in [0.1, 0.15) is 22.4 Å². The summed E-state index contributed by atoms with van der Waals surface area (Å²) in [6.07, 6.45) is 0. The third-order valence-corrected chi connectivity index (χ3v) is 7.02. The van der Waals surface area contributed by atoms with Crippen molar-refractivity contribution < 1.29 is 13.9 Å². The van der Waals surface area contributed by atoms with E-state index in [0.717, 1.165) is 0 Å². The molecule has 0 fully saturated rings. The fourth-order valence-corrected chi connectivity index (χ4v) is 5.25. The van der Waals surface area contributed by atoms with Crippen LogP contribution in [0.15, 0.2) is 70.8 Å². The Morgan fingerprint density at radius 1 is 1.14 bits per heavy atom. The number of nitrogens with zero attached hydrogens (tertiary/aromatic N) is 4. The molecular formula is C28H26FN5O3. The zero-order valence-corrected chi connectivity index (χ0v) is 20.8. The molecule has 9 heteroatoms. The number of nitrogens with two attached hydrogens (primary N) is 1. The van der Waals surface area contributed by atoms with Crippen LogP contribution in [0.2, 0.25) is 0 Å². The van der Waals surface area contributed by atoms with Crippen LogP contribution in [0.5, 0.6) is 5.75 Å². The number of nitriles is 1. The first-order valence-electron chi connectivity index (χ1n) is 11.8. The summed E-state index contributed by atoms with van der Waals surface area (Å²) >= 11 is 0. The first-order valence-corrected chi connectivity index (χ1v) is 11.8. The quantitative estimate of drug-likeness (QED) is 0.579. The van der Waals surface area contributed by atoms with Gasteiger partial charge in [-0.25, -0.2) is 4.39 Å². The van der Waals surface area contributed by atoms with Crippen molar-refractivity contribution in [1.29, 1.82) is 5.26 Å². The maximum absolute atomic E-state index is 14.6. The molecule has 0 radical (unpaired) electrons. The lowest BCUT2D eigenvalue weighted by Gasteiger charge is -2.34. The van der Waals surface area contributed by atoms with E-state index < -0.39 is 22.7 Å². The highest BCUT2D eigenvalue weighted by Gasteiger charge is 2.60. The lowest BCUT2D eigenvalue weighted by Crippen LogP contribution is -2.50. The van der Waals surface area contributed by atoms with Crippen LogP contribution in [0.3, 0.4) is 0 Å². The largest absolute Gasteiger partial charge is 0.440 e. The minimum Gasteiger partial charge on any atom is -0.440 e. The van der Waals surface area contributed by atoms with E-state index in [9.17, 15) is 19.2 Å². The minimum atomic E-state index is -1.82. The molecule has 2 aliphatic heterocycles. The van der Waals surface area contributed by atoms with Gasteiger partial charge in [0.05, 0.1) is 12.1 Å². The second-order valence-corrected chi connectivity index (χ2v) is 9.49. The highest BCUT2D eigenvalue weighted by atomic mass is 19.1. The minimum absolute atomic E-state index is 0.0380. The average molecular weight is 500 g/mol. The van der Waals surface area contributed by atoms with Crippen LogP contribution in [0.25, 0.3) is 0 Å². The predicted molar refractivity (Wildman–Crippen MR) is 136 cm³/mol. The Morgan fingerprint density at radius 2 is 1.84 bits per heavy atom. The van der Waals surface area contributed by atoms with E-state index in [4.69, 9.17) is 10.5 Å². The number of ether oxygens (including phenoxy) is 1. The van der Waals surface area contributed by atoms with Gasteiger partial charge in [-0.1, -0.05) is 36.4 Å². The van der Waals surface area contributed by atoms with E-state index in [1.165, 1.54) is 11.0 Å². The van der Waals surface area contributed by atoms with Crippen molar-refractivity contribution in [3.8, 4) is 11.8 Å². The summed E-state index contributed by atoms with van der Waals surface area (Å²) in [4.78, 5) is 32.0. The van der Waals surface area contributed by atoms with E-state index in [1.54, 1.807) is 60.0 Å². The third-order valence-electron chi connectivity index (χ3n) is 7.02. The van der Waals surface area contributed by atoms with Gasteiger partial charge in [0.25, 0.3) is 5.56 Å². The molecule has 3 aromatic rings. The number of carbonyl (C=O) groups is 1. The second-order valence-electron chi connectivity index (χ2n) is 9.49. The number of benzene rings is 2. The number of pyridine rings is 1. The lowest BCUT2D eigenvalue weighted by atomic mass is 9.69. The fraction of sp³-hybridized carbons (Fsp3) is 0.250. The summed E-state index contributed by atoms with van der Waals surface area (Å²) in [6, 6.07) is 16.8. The molecule has 1 unspecified atom stereocenters. The van der Waals surface area contributed by atoms with Gasteiger partial charge in [-0.05, 0) is 33.2 Å². The number of rotatable bonds is 5. The van der Waals surface area contributed by atoms with E-state index in [0.29, 0.717) is 35.6 Å². The summed E-state index contributed by atoms with van der Waals surface area (Å²) in [7, 11) is 3.80. The van der Waals surface area contributed by atoms with Crippen molar-refractivity contribution in [3.05, 3.63) is 105 Å². The molecule has 2 N–H and O–H groups in total. The van der Waals surface area contributed by atoms with Crippen LogP contribution in [0, 0.1) is 24.1 Å². The zero-order chi connectivity index (χ0) is 26.5. The summed E-state index contributed by atoms with van der Waals surface area (Å²) in [5, 5.41) is 10.3. The predicted octanol–water partition coefficient (Wildman–Crippen LogP) is 2.78. The number of aromatic nitrogens is 1. The Hall–Kier alpha value is -4.42. The highest BCUT2D eigenvalue weighted by Crippen LogP contribution is 2.54. The van der Waals surface area contributed by atoms with Crippen LogP contribution >= 0.6 is 0 Å². The molecule has 0 aliphatic carbocycles. The van der Waals surface area contributed by atoms with Gasteiger partial charge in [-0.15, -0.1) is 0 Å². The summed E-state index contributed by atoms with van der Waals surface area (Å²) in [5.74, 6) is -1.12. The Bertz CT molecular complexity index is 1570. The van der Waals surface area contributed by atoms with E-state index in [1.807, 2.05) is 19.0 Å². The number of halogens is 1. The standard InChI is InChI=1S/C28H26FN5O3/c1-17-14-23-24(26(35)33(17)13-12-32(2)3)28(20(15-30)25(31)37-23)19-9-5-7-11-22(19)34(27(28)36)16-18-8-4-6-10-21(18)29/h4-11,14H,12-13,16,31H2,1-3H3. The van der Waals surface area contributed by atoms with E-state index in [2.05, 4.69) is 6.07 Å². The van der Waals surface area contributed by atoms with Crippen LogP contribution in [-0.2, 0) is 23.3 Å². The number of fused-ring (bicyclic) bond motifs is 4. The molecule has 1 amide bonds. The molecule has 188 valence electrons. The number of hydrogen-bond donors (Lipinski definition) is 1. The highest BCUT2D eigenvalue weighted by molar-refractivity contribution is 6.14. The van der Waals surface area contributed by atoms with Gasteiger partial charge in [-0.2, -0.15) is 5.26 Å². The van der Waals surface area contributed by atoms with Gasteiger partial charge in [0.15, 0.2) is 5.41 Å². The normalized spacial score (nSPS) is 18.2. The number of carbonyl (C=O) groups excluding carboxylic acids is 1. The third kappa shape index (κ3) is 3.52. The van der Waals surface area contributed by atoms with Crippen molar-refractivity contribution in [2.75, 3.05) is 25.5 Å². The van der Waals surface area contributed by atoms with Gasteiger partial charge >= 0.3 is 0 Å². The molecule has 1 spiro atoms. The molecule has 8 nitrogen and oxygen atoms in total. The van der Waals surface area contributed by atoms with Gasteiger partial charge in [-0.3, -0.25) is 9.59 Å². The van der Waals surface area contributed by atoms with E-state index >= 15 is 0 Å². The molecule has 0 bridgehead atoms. The summed E-state index contributed by atoms with van der Waals surface area (Å²) in [5.41, 5.74) is 5.69. The van der Waals surface area contributed by atoms with Crippen LogP contribution in [-0.4, -0.2) is 36.0 Å². The summed E-state index contributed by atoms with van der Waals surface area (Å²) < 4.78 is 22.0. The van der Waals surface area contributed by atoms with Crippen molar-refractivity contribution in [3.63, 3.8) is 0 Å². The topological polar surface area (TPSA) is 105 Å². The first-order chi connectivity index (χ1) is 17.7. The first kappa shape index (κ1) is 24.3. The van der Waals surface area contributed by atoms with Gasteiger partial charge in [0.2, 0.25) is 11.8 Å². The molecule has 1 aromatic heterocycles. The molecule has 3 heterocycles. The lowest BCUT2D eigenvalue weighted by molar-refractivity contribution is -0.121. The molecule has 2 aliphatic rings. The van der Waals surface area contributed by atoms with Crippen molar-refractivity contribution >= 4 is 11.6 Å². The molecule has 37 heavy (non-hydrogen) atoms. The smallest absolute Gasteiger partial charge is 0.259 e. The molecule has 1 atom stereocenters. The second kappa shape index (κ2) is 8.91.